The van der Waals surface area contributed by atoms with Crippen LogP contribution in [0.15, 0.2) is 48.5 Å². The Labute approximate surface area is 182 Å². The van der Waals surface area contributed by atoms with Gasteiger partial charge in [-0.25, -0.2) is 9.18 Å². The van der Waals surface area contributed by atoms with Crippen LogP contribution in [0.25, 0.3) is 0 Å². The smallest absolute Gasteiger partial charge is 0.416 e. The van der Waals surface area contributed by atoms with Crippen molar-refractivity contribution in [2.24, 2.45) is 0 Å². The van der Waals surface area contributed by atoms with Gasteiger partial charge in [0.15, 0.2) is 0 Å². The lowest BCUT2D eigenvalue weighted by atomic mass is 9.82. The molecule has 1 saturated heterocycles. The van der Waals surface area contributed by atoms with Gasteiger partial charge in [0.2, 0.25) is 0 Å². The summed E-state index contributed by atoms with van der Waals surface area (Å²) in [5.74, 6) is -1.71. The van der Waals surface area contributed by atoms with E-state index in [2.05, 4.69) is 0 Å². The summed E-state index contributed by atoms with van der Waals surface area (Å²) < 4.78 is 83.2. The number of halogens is 4. The predicted octanol–water partition coefficient (Wildman–Crippen LogP) is 4.46. The number of rotatable bonds is 6. The Morgan fingerprint density at radius 2 is 1.81 bits per heavy atom. The van der Waals surface area contributed by atoms with Crippen molar-refractivity contribution in [3.05, 3.63) is 71.0 Å². The van der Waals surface area contributed by atoms with Crippen LogP contribution in [0, 0.1) is 5.82 Å². The number of hydrogen-bond acceptors (Lipinski definition) is 4. The summed E-state index contributed by atoms with van der Waals surface area (Å²) in [6, 6.07) is 8.18. The summed E-state index contributed by atoms with van der Waals surface area (Å²) in [6.07, 6.45) is -5.85. The second-order valence-electron chi connectivity index (χ2n) is 7.60. The number of likely N-dealkylation sites (tertiary alicyclic amines) is 1. The molecule has 0 radical (unpaired) electrons. The highest BCUT2D eigenvalue weighted by Crippen LogP contribution is 2.39. The van der Waals surface area contributed by atoms with Crippen LogP contribution in [0.5, 0.6) is 0 Å². The summed E-state index contributed by atoms with van der Waals surface area (Å²) in [6.45, 7) is 0.127. The third-order valence-corrected chi connectivity index (χ3v) is 5.91. The number of hydrogen-bond donors (Lipinski definition) is 1. The molecule has 11 heteroatoms. The SMILES string of the molecule is CS(=O)(=O)O[C@@H]([C@H](c1ccc(F)cc1)c1cccc(C(F)(F)F)c1)[C@H]1CCCN1C(=O)O. The molecular weight excluding hydrogens is 454 g/mol. The second kappa shape index (κ2) is 9.07. The van der Waals surface area contributed by atoms with E-state index in [0.717, 1.165) is 35.4 Å². The van der Waals surface area contributed by atoms with Gasteiger partial charge in [0.25, 0.3) is 10.1 Å². The molecule has 1 amide bonds. The van der Waals surface area contributed by atoms with E-state index in [-0.39, 0.29) is 24.1 Å². The molecule has 0 spiro atoms. The molecule has 0 bridgehead atoms. The van der Waals surface area contributed by atoms with E-state index >= 15 is 0 Å². The fourth-order valence-corrected chi connectivity index (χ4v) is 4.71. The first kappa shape index (κ1) is 24.0. The van der Waals surface area contributed by atoms with E-state index in [1.165, 1.54) is 24.3 Å². The Bertz CT molecular complexity index is 1070. The van der Waals surface area contributed by atoms with Crippen molar-refractivity contribution in [1.82, 2.24) is 4.90 Å². The molecule has 1 fully saturated rings. The maximum absolute atomic E-state index is 13.6. The van der Waals surface area contributed by atoms with Gasteiger partial charge < -0.3 is 10.0 Å². The fraction of sp³-hybridized carbons (Fsp3) is 0.381. The van der Waals surface area contributed by atoms with E-state index in [9.17, 15) is 35.9 Å². The lowest BCUT2D eigenvalue weighted by molar-refractivity contribution is -0.137. The van der Waals surface area contributed by atoms with Crippen molar-refractivity contribution >= 4 is 16.2 Å². The average Bonchev–Trinajstić information content (AvgIpc) is 3.18. The Morgan fingerprint density at radius 3 is 2.38 bits per heavy atom. The van der Waals surface area contributed by atoms with Crippen LogP contribution in [0.4, 0.5) is 22.4 Å². The van der Waals surface area contributed by atoms with E-state index in [0.29, 0.717) is 6.42 Å². The molecule has 3 rings (SSSR count). The minimum absolute atomic E-state index is 0.0670. The van der Waals surface area contributed by atoms with Gasteiger partial charge in [0, 0.05) is 12.5 Å². The normalized spacial score (nSPS) is 19.0. The van der Waals surface area contributed by atoms with Crippen LogP contribution in [0.2, 0.25) is 0 Å². The summed E-state index contributed by atoms with van der Waals surface area (Å²) in [5, 5.41) is 9.56. The monoisotopic (exact) mass is 475 g/mol. The van der Waals surface area contributed by atoms with Crippen molar-refractivity contribution in [2.45, 2.75) is 37.1 Å². The molecule has 1 aliphatic rings. The molecule has 174 valence electrons. The van der Waals surface area contributed by atoms with Crippen LogP contribution in [0.3, 0.4) is 0 Å². The molecule has 1 aliphatic heterocycles. The maximum atomic E-state index is 13.6. The number of carboxylic acid groups (broad SMARTS) is 1. The van der Waals surface area contributed by atoms with Crippen molar-refractivity contribution in [3.63, 3.8) is 0 Å². The second-order valence-corrected chi connectivity index (χ2v) is 9.20. The lowest BCUT2D eigenvalue weighted by Gasteiger charge is -2.35. The van der Waals surface area contributed by atoms with Crippen molar-refractivity contribution in [2.75, 3.05) is 12.8 Å². The molecule has 0 aromatic heterocycles. The van der Waals surface area contributed by atoms with E-state index < -0.39 is 51.8 Å². The highest BCUT2D eigenvalue weighted by Gasteiger charge is 2.43. The zero-order chi connectivity index (χ0) is 23.7. The van der Waals surface area contributed by atoms with Crippen molar-refractivity contribution in [1.29, 1.82) is 0 Å². The van der Waals surface area contributed by atoms with Gasteiger partial charge in [-0.2, -0.15) is 21.6 Å². The number of amides is 1. The van der Waals surface area contributed by atoms with Crippen LogP contribution in [-0.4, -0.2) is 49.5 Å². The largest absolute Gasteiger partial charge is 0.465 e. The highest BCUT2D eigenvalue weighted by atomic mass is 32.2. The minimum atomic E-state index is -4.66. The molecule has 3 atom stereocenters. The molecule has 6 nitrogen and oxygen atoms in total. The lowest BCUT2D eigenvalue weighted by Crippen LogP contribution is -2.47. The summed E-state index contributed by atoms with van der Waals surface area (Å²) in [7, 11) is -4.13. The standard InChI is InChI=1S/C21H21F4NO5S/c1-32(29,30)31-19(17-6-3-11-26(17)20(27)28)18(13-7-9-16(22)10-8-13)14-4-2-5-15(12-14)21(23,24)25/h2,4-5,7-10,12,17-19H,3,6,11H2,1H3,(H,27,28)/t17-,18-,19-/m1/s1. The Morgan fingerprint density at radius 1 is 1.16 bits per heavy atom. The molecule has 1 heterocycles. The molecular formula is C21H21F4NO5S. The third-order valence-electron chi connectivity index (χ3n) is 5.34. The van der Waals surface area contributed by atoms with E-state index in [1.807, 2.05) is 0 Å². The van der Waals surface area contributed by atoms with Crippen LogP contribution in [-0.2, 0) is 20.5 Å². The van der Waals surface area contributed by atoms with Crippen LogP contribution in [0.1, 0.15) is 35.4 Å². The van der Waals surface area contributed by atoms with Gasteiger partial charge in [-0.3, -0.25) is 4.18 Å². The van der Waals surface area contributed by atoms with E-state index in [1.54, 1.807) is 0 Å². The van der Waals surface area contributed by atoms with E-state index in [4.69, 9.17) is 4.18 Å². The summed E-state index contributed by atoms with van der Waals surface area (Å²) in [4.78, 5) is 12.8. The molecule has 32 heavy (non-hydrogen) atoms. The van der Waals surface area contributed by atoms with Crippen molar-refractivity contribution in [3.8, 4) is 0 Å². The zero-order valence-electron chi connectivity index (χ0n) is 16.9. The van der Waals surface area contributed by atoms with Crippen LogP contribution >= 0.6 is 0 Å². The number of alkyl halides is 3. The first-order valence-electron chi connectivity index (χ1n) is 9.67. The first-order chi connectivity index (χ1) is 14.9. The molecule has 0 aliphatic carbocycles. The quantitative estimate of drug-likeness (QED) is 0.493. The molecule has 2 aromatic rings. The van der Waals surface area contributed by atoms with Gasteiger partial charge in [-0.05, 0) is 42.2 Å². The highest BCUT2D eigenvalue weighted by molar-refractivity contribution is 7.86. The van der Waals surface area contributed by atoms with Gasteiger partial charge in [-0.1, -0.05) is 30.3 Å². The summed E-state index contributed by atoms with van der Waals surface area (Å²) >= 11 is 0. The third kappa shape index (κ3) is 5.57. The van der Waals surface area contributed by atoms with Crippen molar-refractivity contribution < 1.29 is 40.1 Å². The number of carbonyl (C=O) groups is 1. The molecule has 1 N–H and O–H groups in total. The van der Waals surface area contributed by atoms with Gasteiger partial charge in [0.1, 0.15) is 11.9 Å². The first-order valence-corrected chi connectivity index (χ1v) is 11.5. The Balaban J connectivity index is 2.20. The predicted molar refractivity (Wildman–Crippen MR) is 107 cm³/mol. The zero-order valence-corrected chi connectivity index (χ0v) is 17.7. The Hall–Kier alpha value is -2.66. The molecule has 0 unspecified atom stereocenters. The van der Waals surface area contributed by atoms with Gasteiger partial charge in [-0.15, -0.1) is 0 Å². The fourth-order valence-electron chi connectivity index (χ4n) is 4.07. The van der Waals surface area contributed by atoms with Crippen LogP contribution < -0.4 is 0 Å². The summed E-state index contributed by atoms with van der Waals surface area (Å²) in [5.41, 5.74) is -0.601. The minimum Gasteiger partial charge on any atom is -0.465 e. The van der Waals surface area contributed by atoms with Gasteiger partial charge >= 0.3 is 12.3 Å². The average molecular weight is 475 g/mol. The van der Waals surface area contributed by atoms with Gasteiger partial charge in [0.05, 0.1) is 17.9 Å². The Kier molecular flexibility index (Phi) is 6.80. The molecule has 0 saturated carbocycles. The number of benzene rings is 2. The molecule has 2 aromatic carbocycles. The number of nitrogens with zero attached hydrogens (tertiary/aromatic N) is 1. The topological polar surface area (TPSA) is 83.9 Å². The maximum Gasteiger partial charge on any atom is 0.416 e.